The van der Waals surface area contributed by atoms with Crippen molar-refractivity contribution < 1.29 is 0 Å². The van der Waals surface area contributed by atoms with E-state index in [0.29, 0.717) is 0 Å². The SMILES string of the molecule is Cc1[nH]nc(NC(C)(C)C)c1-c1ccccc1. The summed E-state index contributed by atoms with van der Waals surface area (Å²) in [6.45, 7) is 8.44. The maximum absolute atomic E-state index is 4.34. The minimum absolute atomic E-state index is 0.00512. The summed E-state index contributed by atoms with van der Waals surface area (Å²) in [7, 11) is 0. The highest BCUT2D eigenvalue weighted by Gasteiger charge is 2.17. The third kappa shape index (κ3) is 2.67. The first-order chi connectivity index (χ1) is 7.97. The number of rotatable bonds is 2. The molecule has 0 saturated heterocycles. The van der Waals surface area contributed by atoms with E-state index in [1.807, 2.05) is 25.1 Å². The molecule has 2 aromatic rings. The van der Waals surface area contributed by atoms with Crippen LogP contribution in [0.1, 0.15) is 26.5 Å². The van der Waals surface area contributed by atoms with E-state index < -0.39 is 0 Å². The fourth-order valence-corrected chi connectivity index (χ4v) is 1.83. The lowest BCUT2D eigenvalue weighted by atomic mass is 10.0. The fraction of sp³-hybridized carbons (Fsp3) is 0.357. The Morgan fingerprint density at radius 1 is 1.12 bits per heavy atom. The number of H-pyrrole nitrogens is 1. The van der Waals surface area contributed by atoms with Crippen LogP contribution in [0, 0.1) is 6.92 Å². The van der Waals surface area contributed by atoms with E-state index in [0.717, 1.165) is 17.1 Å². The lowest BCUT2D eigenvalue weighted by Gasteiger charge is -2.21. The summed E-state index contributed by atoms with van der Waals surface area (Å²) >= 11 is 0. The Morgan fingerprint density at radius 2 is 1.76 bits per heavy atom. The lowest BCUT2D eigenvalue weighted by molar-refractivity contribution is 0.630. The van der Waals surface area contributed by atoms with Crippen LogP contribution in [0.5, 0.6) is 0 Å². The van der Waals surface area contributed by atoms with Crippen molar-refractivity contribution in [1.82, 2.24) is 10.2 Å². The van der Waals surface area contributed by atoms with E-state index in [1.54, 1.807) is 0 Å². The molecular formula is C14H19N3. The number of nitrogens with one attached hydrogen (secondary N) is 2. The standard InChI is InChI=1S/C14H19N3/c1-10-12(11-8-6-5-7-9-11)13(17-16-10)15-14(2,3)4/h5-9H,1-4H3,(H2,15,16,17). The highest BCUT2D eigenvalue weighted by atomic mass is 15.2. The normalized spacial score (nSPS) is 11.5. The smallest absolute Gasteiger partial charge is 0.156 e. The first kappa shape index (κ1) is 11.7. The molecule has 0 bridgehead atoms. The van der Waals surface area contributed by atoms with Crippen LogP contribution in [0.15, 0.2) is 30.3 Å². The molecule has 90 valence electrons. The number of hydrogen-bond acceptors (Lipinski definition) is 2. The molecule has 2 rings (SSSR count). The van der Waals surface area contributed by atoms with Crippen molar-refractivity contribution in [2.45, 2.75) is 33.2 Å². The van der Waals surface area contributed by atoms with Crippen molar-refractivity contribution in [3.63, 3.8) is 0 Å². The second-order valence-corrected chi connectivity index (χ2v) is 5.31. The minimum atomic E-state index is 0.00512. The van der Waals surface area contributed by atoms with Crippen molar-refractivity contribution in [3.8, 4) is 11.1 Å². The molecular weight excluding hydrogens is 210 g/mol. The quantitative estimate of drug-likeness (QED) is 0.826. The summed E-state index contributed by atoms with van der Waals surface area (Å²) in [6, 6.07) is 10.3. The van der Waals surface area contributed by atoms with Gasteiger partial charge in [-0.2, -0.15) is 5.10 Å². The number of benzene rings is 1. The van der Waals surface area contributed by atoms with Gasteiger partial charge in [0, 0.05) is 16.8 Å². The average Bonchev–Trinajstić information content (AvgIpc) is 2.58. The van der Waals surface area contributed by atoms with Crippen LogP contribution in [0.2, 0.25) is 0 Å². The van der Waals surface area contributed by atoms with Gasteiger partial charge in [-0.3, -0.25) is 5.10 Å². The lowest BCUT2D eigenvalue weighted by Crippen LogP contribution is -2.26. The molecule has 2 N–H and O–H groups in total. The summed E-state index contributed by atoms with van der Waals surface area (Å²) in [5, 5.41) is 10.8. The van der Waals surface area contributed by atoms with Gasteiger partial charge in [-0.15, -0.1) is 0 Å². The van der Waals surface area contributed by atoms with E-state index in [2.05, 4.69) is 48.4 Å². The molecule has 0 fully saturated rings. The van der Waals surface area contributed by atoms with Gasteiger partial charge in [0.05, 0.1) is 0 Å². The predicted octanol–water partition coefficient (Wildman–Crippen LogP) is 3.60. The van der Waals surface area contributed by atoms with Crippen LogP contribution in [0.4, 0.5) is 5.82 Å². The zero-order chi connectivity index (χ0) is 12.5. The van der Waals surface area contributed by atoms with Gasteiger partial charge in [0.1, 0.15) is 0 Å². The van der Waals surface area contributed by atoms with Crippen molar-refractivity contribution >= 4 is 5.82 Å². The Morgan fingerprint density at radius 3 is 2.35 bits per heavy atom. The Kier molecular flexibility index (Phi) is 2.92. The summed E-state index contributed by atoms with van der Waals surface area (Å²) in [5.41, 5.74) is 3.43. The average molecular weight is 229 g/mol. The second kappa shape index (κ2) is 4.24. The summed E-state index contributed by atoms with van der Waals surface area (Å²) in [5.74, 6) is 0.918. The third-order valence-corrected chi connectivity index (χ3v) is 2.50. The van der Waals surface area contributed by atoms with Crippen molar-refractivity contribution in [2.24, 2.45) is 0 Å². The largest absolute Gasteiger partial charge is 0.363 e. The second-order valence-electron chi connectivity index (χ2n) is 5.31. The first-order valence-electron chi connectivity index (χ1n) is 5.86. The number of aromatic nitrogens is 2. The topological polar surface area (TPSA) is 40.7 Å². The third-order valence-electron chi connectivity index (χ3n) is 2.50. The van der Waals surface area contributed by atoms with Crippen LogP contribution in [0.3, 0.4) is 0 Å². The molecule has 0 saturated carbocycles. The number of nitrogens with zero attached hydrogens (tertiary/aromatic N) is 1. The molecule has 0 radical (unpaired) electrons. The molecule has 1 heterocycles. The number of aryl methyl sites for hydroxylation is 1. The van der Waals surface area contributed by atoms with Gasteiger partial charge in [-0.05, 0) is 33.3 Å². The molecule has 0 spiro atoms. The van der Waals surface area contributed by atoms with Crippen LogP contribution in [-0.4, -0.2) is 15.7 Å². The highest BCUT2D eigenvalue weighted by Crippen LogP contribution is 2.30. The highest BCUT2D eigenvalue weighted by molar-refractivity contribution is 5.77. The van der Waals surface area contributed by atoms with Crippen molar-refractivity contribution in [3.05, 3.63) is 36.0 Å². The minimum Gasteiger partial charge on any atom is -0.363 e. The molecule has 1 aromatic heterocycles. The molecule has 0 unspecified atom stereocenters. The summed E-state index contributed by atoms with van der Waals surface area (Å²) in [4.78, 5) is 0. The zero-order valence-corrected chi connectivity index (χ0v) is 10.8. The van der Waals surface area contributed by atoms with E-state index in [-0.39, 0.29) is 5.54 Å². The van der Waals surface area contributed by atoms with E-state index in [9.17, 15) is 0 Å². The molecule has 0 aliphatic carbocycles. The number of anilines is 1. The van der Waals surface area contributed by atoms with Gasteiger partial charge in [0.25, 0.3) is 0 Å². The monoisotopic (exact) mass is 229 g/mol. The van der Waals surface area contributed by atoms with Crippen LogP contribution < -0.4 is 5.32 Å². The van der Waals surface area contributed by atoms with E-state index in [1.165, 1.54) is 5.56 Å². The van der Waals surface area contributed by atoms with Gasteiger partial charge in [0.15, 0.2) is 5.82 Å². The van der Waals surface area contributed by atoms with Gasteiger partial charge in [0.2, 0.25) is 0 Å². The van der Waals surface area contributed by atoms with E-state index in [4.69, 9.17) is 0 Å². The Hall–Kier alpha value is -1.77. The Labute approximate surface area is 102 Å². The van der Waals surface area contributed by atoms with Gasteiger partial charge in [-0.25, -0.2) is 0 Å². The molecule has 0 atom stereocenters. The van der Waals surface area contributed by atoms with E-state index >= 15 is 0 Å². The molecule has 3 nitrogen and oxygen atoms in total. The fourth-order valence-electron chi connectivity index (χ4n) is 1.83. The zero-order valence-electron chi connectivity index (χ0n) is 10.8. The molecule has 3 heteroatoms. The number of hydrogen-bond donors (Lipinski definition) is 2. The molecule has 0 amide bonds. The van der Waals surface area contributed by atoms with Gasteiger partial charge in [-0.1, -0.05) is 30.3 Å². The van der Waals surface area contributed by atoms with Crippen LogP contribution >= 0.6 is 0 Å². The molecule has 17 heavy (non-hydrogen) atoms. The maximum atomic E-state index is 4.34. The van der Waals surface area contributed by atoms with Crippen LogP contribution in [0.25, 0.3) is 11.1 Å². The summed E-state index contributed by atoms with van der Waals surface area (Å²) < 4.78 is 0. The van der Waals surface area contributed by atoms with Crippen LogP contribution in [-0.2, 0) is 0 Å². The van der Waals surface area contributed by atoms with Gasteiger partial charge < -0.3 is 5.32 Å². The molecule has 0 aliphatic rings. The molecule has 1 aromatic carbocycles. The van der Waals surface area contributed by atoms with Crippen molar-refractivity contribution in [1.29, 1.82) is 0 Å². The maximum Gasteiger partial charge on any atom is 0.156 e. The Bertz CT molecular complexity index is 492. The first-order valence-corrected chi connectivity index (χ1v) is 5.86. The predicted molar refractivity (Wildman–Crippen MR) is 72.1 cm³/mol. The Balaban J connectivity index is 2.44. The van der Waals surface area contributed by atoms with Crippen molar-refractivity contribution in [2.75, 3.05) is 5.32 Å². The molecule has 0 aliphatic heterocycles. The summed E-state index contributed by atoms with van der Waals surface area (Å²) in [6.07, 6.45) is 0. The number of aromatic amines is 1. The van der Waals surface area contributed by atoms with Gasteiger partial charge >= 0.3 is 0 Å².